The van der Waals surface area contributed by atoms with E-state index in [1.807, 2.05) is 0 Å². The molecule has 0 rings (SSSR count). The van der Waals surface area contributed by atoms with Crippen molar-refractivity contribution in [1.29, 1.82) is 0 Å². The van der Waals surface area contributed by atoms with E-state index in [9.17, 15) is 4.57 Å². The Morgan fingerprint density at radius 3 is 2.10 bits per heavy atom. The summed E-state index contributed by atoms with van der Waals surface area (Å²) < 4.78 is 14.0. The molecule has 0 bridgehead atoms. The molecule has 0 aliphatic heterocycles. The molecule has 0 N–H and O–H groups in total. The van der Waals surface area contributed by atoms with Gasteiger partial charge < -0.3 is 0 Å². The first-order chi connectivity index (χ1) is 4.83. The fourth-order valence-electron chi connectivity index (χ4n) is 0.246. The Labute approximate surface area is 65.3 Å². The van der Waals surface area contributed by atoms with Gasteiger partial charge in [-0.25, -0.2) is 4.57 Å². The first-order valence-electron chi connectivity index (χ1n) is 3.78. The van der Waals surface area contributed by atoms with Crippen LogP contribution in [0.4, 0.5) is 0 Å². The molecular weight excluding hydrogens is 147 g/mol. The van der Waals surface area contributed by atoms with Gasteiger partial charge in [-0.2, -0.15) is 0 Å². The molecule has 0 aromatic heterocycles. The lowest BCUT2D eigenvalue weighted by Gasteiger charge is -1.86. The van der Waals surface area contributed by atoms with Crippen LogP contribution in [-0.2, 0) is 9.09 Å². The monoisotopic (exact) mass is 164 g/mol. The molecule has 0 aromatic rings. The van der Waals surface area contributed by atoms with Gasteiger partial charge in [-0.15, -0.1) is 0 Å². The summed E-state index contributed by atoms with van der Waals surface area (Å²) in [6, 6.07) is 0. The van der Waals surface area contributed by atoms with Gasteiger partial charge in [0.15, 0.2) is 0 Å². The molecule has 0 saturated carbocycles. The Morgan fingerprint density at radius 1 is 1.30 bits per heavy atom. The summed E-state index contributed by atoms with van der Waals surface area (Å²) in [4.78, 5) is 0. The highest BCUT2D eigenvalue weighted by Gasteiger charge is 1.80. The topological polar surface area (TPSA) is 26.3 Å². The van der Waals surface area contributed by atoms with E-state index in [-0.39, 0.29) is 8.69 Å². The molecule has 0 amide bonds. The fraction of sp³-hybridized carbons (Fsp3) is 1.00. The average Bonchev–Trinajstić information content (AvgIpc) is 1.91. The highest BCUT2D eigenvalue weighted by molar-refractivity contribution is 7.17. The van der Waals surface area contributed by atoms with Gasteiger partial charge in [-0.05, 0) is 6.42 Å². The van der Waals surface area contributed by atoms with Crippen LogP contribution < -0.4 is 0 Å². The minimum Gasteiger partial charge on any atom is -0.294 e. The fourth-order valence-corrected chi connectivity index (χ4v) is 0.450. The smallest absolute Gasteiger partial charge is 0.294 e. The van der Waals surface area contributed by atoms with Crippen molar-refractivity contribution in [3.8, 4) is 0 Å². The Balaban J connectivity index is 0. The van der Waals surface area contributed by atoms with E-state index in [0.717, 1.165) is 12.8 Å². The Morgan fingerprint density at radius 2 is 1.80 bits per heavy atom. The lowest BCUT2D eigenvalue weighted by Crippen LogP contribution is -1.79. The summed E-state index contributed by atoms with van der Waals surface area (Å²) in [6.07, 6.45) is 3.34. The van der Waals surface area contributed by atoms with Crippen LogP contribution in [0.2, 0.25) is 0 Å². The van der Waals surface area contributed by atoms with Crippen LogP contribution in [0.15, 0.2) is 0 Å². The number of rotatable bonds is 4. The van der Waals surface area contributed by atoms with Crippen LogP contribution in [0.5, 0.6) is 0 Å². The molecule has 2 nitrogen and oxygen atoms in total. The van der Waals surface area contributed by atoms with Gasteiger partial charge in [0.2, 0.25) is 0 Å². The zero-order chi connectivity index (χ0) is 8.24. The van der Waals surface area contributed by atoms with Crippen molar-refractivity contribution in [2.45, 2.75) is 40.0 Å². The van der Waals surface area contributed by atoms with Crippen molar-refractivity contribution in [2.24, 2.45) is 0 Å². The minimum atomic E-state index is -0.195. The van der Waals surface area contributed by atoms with Gasteiger partial charge in [0.25, 0.3) is 0 Å². The number of unbranched alkanes of at least 4 members (excludes halogenated alkanes) is 1. The van der Waals surface area contributed by atoms with E-state index < -0.39 is 0 Å². The summed E-state index contributed by atoms with van der Waals surface area (Å²) in [5.74, 6) is 0. The lowest BCUT2D eigenvalue weighted by molar-refractivity contribution is 0.334. The van der Waals surface area contributed by atoms with Gasteiger partial charge in [-0.3, -0.25) is 4.52 Å². The van der Waals surface area contributed by atoms with E-state index in [0.29, 0.717) is 6.61 Å². The average molecular weight is 164 g/mol. The molecule has 0 saturated heterocycles. The standard InChI is InChI=1S/C4H9O2P.C3H8/c1-2-3-4-6-7-5;1-3-2/h2-4H2,1H3;3H2,1-2H3. The minimum absolute atomic E-state index is 0.195. The van der Waals surface area contributed by atoms with Crippen molar-refractivity contribution >= 4 is 8.69 Å². The molecule has 10 heavy (non-hydrogen) atoms. The van der Waals surface area contributed by atoms with E-state index in [2.05, 4.69) is 25.3 Å². The van der Waals surface area contributed by atoms with Crippen molar-refractivity contribution in [3.05, 3.63) is 0 Å². The predicted molar refractivity (Wildman–Crippen MR) is 44.4 cm³/mol. The third-order valence-electron chi connectivity index (χ3n) is 0.642. The van der Waals surface area contributed by atoms with E-state index in [1.54, 1.807) is 0 Å². The molecular formula is C7H17O2P. The third kappa shape index (κ3) is 24.4. The second-order valence-electron chi connectivity index (χ2n) is 1.97. The summed E-state index contributed by atoms with van der Waals surface area (Å²) in [7, 11) is -0.195. The molecule has 0 aromatic carbocycles. The Kier molecular flexibility index (Phi) is 20.4. The second-order valence-corrected chi connectivity index (χ2v) is 2.38. The molecule has 0 radical (unpaired) electrons. The Bertz CT molecular complexity index is 57.6. The van der Waals surface area contributed by atoms with Crippen molar-refractivity contribution in [2.75, 3.05) is 6.61 Å². The van der Waals surface area contributed by atoms with Crippen molar-refractivity contribution < 1.29 is 9.09 Å². The molecule has 0 fully saturated rings. The van der Waals surface area contributed by atoms with Crippen LogP contribution >= 0.6 is 8.69 Å². The SMILES string of the molecule is CCC.CCCCOP=O. The normalized spacial score (nSPS) is 8.70. The second kappa shape index (κ2) is 16.0. The van der Waals surface area contributed by atoms with Gasteiger partial charge in [-0.1, -0.05) is 33.6 Å². The zero-order valence-corrected chi connectivity index (χ0v) is 7.99. The van der Waals surface area contributed by atoms with Crippen LogP contribution in [-0.4, -0.2) is 6.61 Å². The summed E-state index contributed by atoms with van der Waals surface area (Å²) in [6.45, 7) is 6.92. The summed E-state index contributed by atoms with van der Waals surface area (Å²) in [5.41, 5.74) is 0. The third-order valence-corrected chi connectivity index (χ3v) is 0.930. The van der Waals surface area contributed by atoms with Crippen molar-refractivity contribution in [1.82, 2.24) is 0 Å². The van der Waals surface area contributed by atoms with E-state index >= 15 is 0 Å². The summed E-state index contributed by atoms with van der Waals surface area (Å²) in [5, 5.41) is 0. The summed E-state index contributed by atoms with van der Waals surface area (Å²) >= 11 is 0. The molecule has 0 aliphatic carbocycles. The maximum Gasteiger partial charge on any atom is 0.327 e. The molecule has 0 aliphatic rings. The Hall–Kier alpha value is 0.0600. The number of hydrogen-bond donors (Lipinski definition) is 0. The first-order valence-corrected chi connectivity index (χ1v) is 4.51. The van der Waals surface area contributed by atoms with Crippen LogP contribution in [0.1, 0.15) is 40.0 Å². The molecule has 0 atom stereocenters. The quantitative estimate of drug-likeness (QED) is 0.470. The van der Waals surface area contributed by atoms with Gasteiger partial charge in [0, 0.05) is 0 Å². The van der Waals surface area contributed by atoms with Gasteiger partial charge >= 0.3 is 8.69 Å². The number of hydrogen-bond acceptors (Lipinski definition) is 2. The maximum atomic E-state index is 9.55. The lowest BCUT2D eigenvalue weighted by atomic mass is 10.4. The molecule has 62 valence electrons. The van der Waals surface area contributed by atoms with Crippen LogP contribution in [0.3, 0.4) is 0 Å². The largest absolute Gasteiger partial charge is 0.327 e. The predicted octanol–water partition coefficient (Wildman–Crippen LogP) is 3.43. The molecule has 0 unspecified atom stereocenters. The molecule has 3 heteroatoms. The highest BCUT2D eigenvalue weighted by Crippen LogP contribution is 1.96. The van der Waals surface area contributed by atoms with Crippen molar-refractivity contribution in [3.63, 3.8) is 0 Å². The first kappa shape index (κ1) is 12.7. The van der Waals surface area contributed by atoms with Crippen LogP contribution in [0.25, 0.3) is 0 Å². The maximum absolute atomic E-state index is 9.55. The molecule has 0 heterocycles. The highest BCUT2D eigenvalue weighted by atomic mass is 31.1. The van der Waals surface area contributed by atoms with Gasteiger partial charge in [0.1, 0.15) is 0 Å². The van der Waals surface area contributed by atoms with E-state index in [4.69, 9.17) is 0 Å². The zero-order valence-electron chi connectivity index (χ0n) is 7.09. The van der Waals surface area contributed by atoms with E-state index in [1.165, 1.54) is 6.42 Å². The van der Waals surface area contributed by atoms with Gasteiger partial charge in [0.05, 0.1) is 6.61 Å². The van der Waals surface area contributed by atoms with Crippen LogP contribution in [0, 0.1) is 0 Å². The molecule has 0 spiro atoms.